The molecule has 7 nitrogen and oxygen atoms in total. The third-order valence-corrected chi connectivity index (χ3v) is 6.08. The Balaban J connectivity index is 1.92. The van der Waals surface area contributed by atoms with Crippen LogP contribution in [0.15, 0.2) is 65.2 Å². The van der Waals surface area contributed by atoms with E-state index < -0.39 is 23.7 Å². The quantitative estimate of drug-likeness (QED) is 0.471. The fourth-order valence-corrected chi connectivity index (χ4v) is 4.45. The highest BCUT2D eigenvalue weighted by Gasteiger charge is 2.45. The average Bonchev–Trinajstić information content (AvgIpc) is 2.78. The molecule has 0 unspecified atom stereocenters. The van der Waals surface area contributed by atoms with Crippen LogP contribution < -0.4 is 10.6 Å². The van der Waals surface area contributed by atoms with Crippen molar-refractivity contribution in [2.45, 2.75) is 12.8 Å². The first-order valence-corrected chi connectivity index (χ1v) is 11.2. The van der Waals surface area contributed by atoms with E-state index in [0.717, 1.165) is 11.8 Å². The second-order valence-corrected chi connectivity index (χ2v) is 8.17. The van der Waals surface area contributed by atoms with E-state index in [1.165, 1.54) is 0 Å². The molecular weight excluding hydrogens is 450 g/mol. The normalized spacial score (nSPS) is 17.8. The van der Waals surface area contributed by atoms with Crippen LogP contribution in [0, 0.1) is 17.2 Å². The third-order valence-electron chi connectivity index (χ3n) is 4.71. The molecule has 2 atom stereocenters. The summed E-state index contributed by atoms with van der Waals surface area (Å²) in [5, 5.41) is 15.8. The number of carbonyl (C=O) groups is 3. The highest BCUT2D eigenvalue weighted by atomic mass is 35.5. The van der Waals surface area contributed by atoms with Gasteiger partial charge in [-0.25, -0.2) is 0 Å². The molecule has 2 aromatic carbocycles. The summed E-state index contributed by atoms with van der Waals surface area (Å²) in [6.45, 7) is 1.72. The molecule has 1 heterocycles. The number of hydrogen-bond acceptors (Lipinski definition) is 6. The molecule has 1 aliphatic rings. The molecule has 0 bridgehead atoms. The molecule has 0 fully saturated rings. The standard InChI is InChI=1S/C23H20ClN3O4S/c1-2-31-23(30)20-19(15-10-6-7-11-17(15)24)16(12-25)22(27-21(20)29)32-13-18(28)26-14-8-4-3-5-9-14/h3-11,19-20H,2,13H2,1H3,(H,26,28)(H,27,29)/t19-,20+/m1/s1. The minimum absolute atomic E-state index is 0.0466. The van der Waals surface area contributed by atoms with Gasteiger partial charge in [-0.3, -0.25) is 14.4 Å². The summed E-state index contributed by atoms with van der Waals surface area (Å²) >= 11 is 7.36. The lowest BCUT2D eigenvalue weighted by Gasteiger charge is -2.31. The van der Waals surface area contributed by atoms with Gasteiger partial charge in [0, 0.05) is 16.6 Å². The number of rotatable bonds is 7. The molecule has 0 saturated heterocycles. The van der Waals surface area contributed by atoms with Gasteiger partial charge in [-0.15, -0.1) is 0 Å². The van der Waals surface area contributed by atoms with Crippen molar-refractivity contribution in [2.24, 2.45) is 5.92 Å². The smallest absolute Gasteiger partial charge is 0.319 e. The van der Waals surface area contributed by atoms with Crippen LogP contribution >= 0.6 is 23.4 Å². The van der Waals surface area contributed by atoms with Crippen molar-refractivity contribution in [3.63, 3.8) is 0 Å². The summed E-state index contributed by atoms with van der Waals surface area (Å²) in [7, 11) is 0. The van der Waals surface area contributed by atoms with Crippen LogP contribution in [-0.2, 0) is 19.1 Å². The molecule has 0 aliphatic carbocycles. The summed E-state index contributed by atoms with van der Waals surface area (Å²) in [6.07, 6.45) is 0. The SMILES string of the molecule is CCOC(=O)[C@@H]1C(=O)NC(SCC(=O)Nc2ccccc2)=C(C#N)[C@H]1c1ccccc1Cl. The van der Waals surface area contributed by atoms with Gasteiger partial charge in [0.2, 0.25) is 11.8 Å². The number of ether oxygens (including phenoxy) is 1. The zero-order chi connectivity index (χ0) is 23.1. The molecule has 2 amide bonds. The highest BCUT2D eigenvalue weighted by molar-refractivity contribution is 8.03. The Hall–Kier alpha value is -3.28. The number of para-hydroxylation sites is 1. The number of hydrogen-bond donors (Lipinski definition) is 2. The van der Waals surface area contributed by atoms with Gasteiger partial charge in [0.15, 0.2) is 0 Å². The van der Waals surface area contributed by atoms with Gasteiger partial charge < -0.3 is 15.4 Å². The number of halogens is 1. The van der Waals surface area contributed by atoms with E-state index in [0.29, 0.717) is 16.3 Å². The maximum atomic E-state index is 12.9. The Kier molecular flexibility index (Phi) is 7.92. The fraction of sp³-hybridized carbons (Fsp3) is 0.217. The second-order valence-electron chi connectivity index (χ2n) is 6.78. The number of amides is 2. The lowest BCUT2D eigenvalue weighted by Crippen LogP contribution is -2.44. The van der Waals surface area contributed by atoms with Gasteiger partial charge in [-0.1, -0.05) is 59.8 Å². The zero-order valence-corrected chi connectivity index (χ0v) is 18.7. The van der Waals surface area contributed by atoms with Gasteiger partial charge in [-0.05, 0) is 30.7 Å². The van der Waals surface area contributed by atoms with Crippen LogP contribution in [0.25, 0.3) is 0 Å². The molecule has 2 aromatic rings. The molecule has 3 rings (SSSR count). The first kappa shape index (κ1) is 23.4. The number of nitrogens with one attached hydrogen (secondary N) is 2. The minimum atomic E-state index is -1.27. The van der Waals surface area contributed by atoms with Crippen LogP contribution in [0.1, 0.15) is 18.4 Å². The number of allylic oxidation sites excluding steroid dienone is 1. The summed E-state index contributed by atoms with van der Waals surface area (Å²) in [5.41, 5.74) is 1.25. The maximum absolute atomic E-state index is 12.9. The van der Waals surface area contributed by atoms with E-state index in [2.05, 4.69) is 16.7 Å². The van der Waals surface area contributed by atoms with E-state index >= 15 is 0 Å². The first-order chi connectivity index (χ1) is 15.5. The molecule has 2 N–H and O–H groups in total. The van der Waals surface area contributed by atoms with Gasteiger partial charge in [-0.2, -0.15) is 5.26 Å². The molecule has 9 heteroatoms. The van der Waals surface area contributed by atoms with Crippen molar-refractivity contribution in [3.8, 4) is 6.07 Å². The van der Waals surface area contributed by atoms with E-state index in [9.17, 15) is 19.6 Å². The summed E-state index contributed by atoms with van der Waals surface area (Å²) in [5.74, 6) is -3.91. The van der Waals surface area contributed by atoms with E-state index in [4.69, 9.17) is 16.3 Å². The predicted molar refractivity (Wildman–Crippen MR) is 123 cm³/mol. The number of thioether (sulfide) groups is 1. The monoisotopic (exact) mass is 469 g/mol. The lowest BCUT2D eigenvalue weighted by atomic mass is 9.78. The van der Waals surface area contributed by atoms with Gasteiger partial charge in [0.05, 0.1) is 29.0 Å². The van der Waals surface area contributed by atoms with Crippen molar-refractivity contribution in [1.82, 2.24) is 5.32 Å². The Morgan fingerprint density at radius 3 is 2.53 bits per heavy atom. The number of nitriles is 1. The van der Waals surface area contributed by atoms with Crippen LogP contribution in [0.3, 0.4) is 0 Å². The topological polar surface area (TPSA) is 108 Å². The number of carbonyl (C=O) groups excluding carboxylic acids is 3. The van der Waals surface area contributed by atoms with Crippen molar-refractivity contribution >= 4 is 46.8 Å². The first-order valence-electron chi connectivity index (χ1n) is 9.80. The van der Waals surface area contributed by atoms with E-state index in [-0.39, 0.29) is 28.9 Å². The van der Waals surface area contributed by atoms with Gasteiger partial charge in [0.25, 0.3) is 0 Å². The third kappa shape index (κ3) is 5.31. The molecule has 164 valence electrons. The maximum Gasteiger partial charge on any atom is 0.319 e. The van der Waals surface area contributed by atoms with E-state index in [1.807, 2.05) is 6.07 Å². The molecular formula is C23H20ClN3O4S. The Bertz CT molecular complexity index is 1100. The largest absolute Gasteiger partial charge is 0.465 e. The predicted octanol–water partition coefficient (Wildman–Crippen LogP) is 3.84. The molecule has 1 aliphatic heterocycles. The van der Waals surface area contributed by atoms with Gasteiger partial charge in [0.1, 0.15) is 5.92 Å². The molecule has 0 saturated carbocycles. The molecule has 0 aromatic heterocycles. The van der Waals surface area contributed by atoms with Crippen molar-refractivity contribution in [1.29, 1.82) is 5.26 Å². The number of nitrogens with zero attached hydrogens (tertiary/aromatic N) is 1. The van der Waals surface area contributed by atoms with Gasteiger partial charge >= 0.3 is 5.97 Å². The number of esters is 1. The van der Waals surface area contributed by atoms with Crippen LogP contribution in [0.4, 0.5) is 5.69 Å². The van der Waals surface area contributed by atoms with Crippen molar-refractivity contribution in [2.75, 3.05) is 17.7 Å². The second kappa shape index (κ2) is 10.8. The lowest BCUT2D eigenvalue weighted by molar-refractivity contribution is -0.152. The van der Waals surface area contributed by atoms with E-state index in [1.54, 1.807) is 55.5 Å². The molecule has 0 spiro atoms. The summed E-state index contributed by atoms with van der Waals surface area (Å²) < 4.78 is 5.09. The molecule has 32 heavy (non-hydrogen) atoms. The van der Waals surface area contributed by atoms with Crippen LogP contribution in [-0.4, -0.2) is 30.1 Å². The number of anilines is 1. The van der Waals surface area contributed by atoms with Crippen LogP contribution in [0.2, 0.25) is 5.02 Å². The Morgan fingerprint density at radius 1 is 1.19 bits per heavy atom. The summed E-state index contributed by atoms with van der Waals surface area (Å²) in [6, 6.07) is 17.7. The van der Waals surface area contributed by atoms with Crippen molar-refractivity contribution < 1.29 is 19.1 Å². The van der Waals surface area contributed by atoms with Crippen molar-refractivity contribution in [3.05, 3.63) is 75.8 Å². The highest BCUT2D eigenvalue weighted by Crippen LogP contribution is 2.42. The zero-order valence-electron chi connectivity index (χ0n) is 17.1. The van der Waals surface area contributed by atoms with Crippen LogP contribution in [0.5, 0.6) is 0 Å². The average molecular weight is 470 g/mol. The molecule has 0 radical (unpaired) electrons. The summed E-state index contributed by atoms with van der Waals surface area (Å²) in [4.78, 5) is 37.9. The Labute approximate surface area is 194 Å². The minimum Gasteiger partial charge on any atom is -0.465 e. The number of benzene rings is 2. The fourth-order valence-electron chi connectivity index (χ4n) is 3.34. The Morgan fingerprint density at radius 2 is 1.88 bits per heavy atom.